The van der Waals surface area contributed by atoms with E-state index in [1.807, 2.05) is 24.3 Å². The number of hydrogen-bond acceptors (Lipinski definition) is 4. The van der Waals surface area contributed by atoms with Gasteiger partial charge in [-0.25, -0.2) is 4.68 Å². The minimum Gasteiger partial charge on any atom is -0.504 e. The van der Waals surface area contributed by atoms with Crippen LogP contribution >= 0.6 is 0 Å². The Morgan fingerprint density at radius 2 is 1.87 bits per heavy atom. The number of carbonyl (C=O) groups excluding carboxylic acids is 1. The molecule has 1 aliphatic heterocycles. The van der Waals surface area contributed by atoms with E-state index in [-0.39, 0.29) is 17.4 Å². The molecule has 0 aliphatic carbocycles. The number of aromatic nitrogens is 2. The molecule has 1 fully saturated rings. The van der Waals surface area contributed by atoms with Gasteiger partial charge in [0.15, 0.2) is 11.4 Å². The van der Waals surface area contributed by atoms with Gasteiger partial charge >= 0.3 is 0 Å². The van der Waals surface area contributed by atoms with E-state index in [0.717, 1.165) is 5.69 Å². The van der Waals surface area contributed by atoms with E-state index in [9.17, 15) is 9.90 Å². The standard InChI is InChI=1S/C17H21N3O3/c1-12(2)13-3-5-14(6-4-13)20-11-15(21)16(18-20)17(22)19-7-9-23-10-8-19/h3-6,11-12,21H,7-10H2,1-2H3. The van der Waals surface area contributed by atoms with Gasteiger partial charge in [-0.15, -0.1) is 0 Å². The smallest absolute Gasteiger partial charge is 0.278 e. The normalized spacial score (nSPS) is 15.2. The van der Waals surface area contributed by atoms with E-state index in [2.05, 4.69) is 18.9 Å². The average molecular weight is 315 g/mol. The summed E-state index contributed by atoms with van der Waals surface area (Å²) < 4.78 is 6.77. The average Bonchev–Trinajstić information content (AvgIpc) is 2.97. The van der Waals surface area contributed by atoms with Gasteiger partial charge in [-0.05, 0) is 23.6 Å². The molecule has 1 saturated heterocycles. The van der Waals surface area contributed by atoms with Crippen LogP contribution in [0.5, 0.6) is 5.75 Å². The van der Waals surface area contributed by atoms with Crippen LogP contribution in [0.15, 0.2) is 30.5 Å². The van der Waals surface area contributed by atoms with Crippen LogP contribution < -0.4 is 0 Å². The summed E-state index contributed by atoms with van der Waals surface area (Å²) in [5.74, 6) is 0.0892. The first-order chi connectivity index (χ1) is 11.1. The molecule has 23 heavy (non-hydrogen) atoms. The number of nitrogens with zero attached hydrogens (tertiary/aromatic N) is 3. The fraction of sp³-hybridized carbons (Fsp3) is 0.412. The predicted molar refractivity (Wildman–Crippen MR) is 86.0 cm³/mol. The predicted octanol–water partition coefficient (Wildman–Crippen LogP) is 2.17. The van der Waals surface area contributed by atoms with Crippen LogP contribution in [0.25, 0.3) is 5.69 Å². The number of rotatable bonds is 3. The van der Waals surface area contributed by atoms with Crippen LogP contribution in [0.2, 0.25) is 0 Å². The number of ether oxygens (including phenoxy) is 1. The Labute approximate surface area is 135 Å². The van der Waals surface area contributed by atoms with Gasteiger partial charge in [0.1, 0.15) is 0 Å². The van der Waals surface area contributed by atoms with Crippen molar-refractivity contribution >= 4 is 5.91 Å². The van der Waals surface area contributed by atoms with Crippen molar-refractivity contribution in [1.82, 2.24) is 14.7 Å². The summed E-state index contributed by atoms with van der Waals surface area (Å²) >= 11 is 0. The number of benzene rings is 1. The van der Waals surface area contributed by atoms with Crippen molar-refractivity contribution in [3.05, 3.63) is 41.7 Å². The number of aromatic hydroxyl groups is 1. The van der Waals surface area contributed by atoms with Gasteiger partial charge in [-0.1, -0.05) is 26.0 Å². The van der Waals surface area contributed by atoms with E-state index < -0.39 is 0 Å². The summed E-state index contributed by atoms with van der Waals surface area (Å²) in [5.41, 5.74) is 2.13. The quantitative estimate of drug-likeness (QED) is 0.942. The number of carbonyl (C=O) groups is 1. The Bertz CT molecular complexity index is 686. The molecular weight excluding hydrogens is 294 g/mol. The van der Waals surface area contributed by atoms with Crippen LogP contribution in [-0.4, -0.2) is 52.0 Å². The molecule has 0 radical (unpaired) electrons. The molecule has 122 valence electrons. The lowest BCUT2D eigenvalue weighted by molar-refractivity contribution is 0.0297. The molecule has 2 aromatic rings. The lowest BCUT2D eigenvalue weighted by Crippen LogP contribution is -2.40. The number of amides is 1. The highest BCUT2D eigenvalue weighted by atomic mass is 16.5. The fourth-order valence-electron chi connectivity index (χ4n) is 2.58. The van der Waals surface area contributed by atoms with Crippen molar-refractivity contribution in [2.24, 2.45) is 0 Å². The molecule has 3 rings (SSSR count). The van der Waals surface area contributed by atoms with Gasteiger partial charge in [0.05, 0.1) is 25.1 Å². The van der Waals surface area contributed by atoms with E-state index in [1.165, 1.54) is 16.4 Å². The molecule has 1 aromatic heterocycles. The van der Waals surface area contributed by atoms with Crippen molar-refractivity contribution in [2.45, 2.75) is 19.8 Å². The molecule has 2 heterocycles. The molecule has 0 bridgehead atoms. The first kappa shape index (κ1) is 15.6. The Kier molecular flexibility index (Phi) is 4.34. The SMILES string of the molecule is CC(C)c1ccc(-n2cc(O)c(C(=O)N3CCOCC3)n2)cc1. The maximum atomic E-state index is 12.4. The van der Waals surface area contributed by atoms with Gasteiger partial charge in [0, 0.05) is 13.1 Å². The van der Waals surface area contributed by atoms with E-state index in [4.69, 9.17) is 4.74 Å². The molecular formula is C17H21N3O3. The summed E-state index contributed by atoms with van der Waals surface area (Å²) in [4.78, 5) is 14.1. The second kappa shape index (κ2) is 6.42. The molecule has 0 atom stereocenters. The first-order valence-electron chi connectivity index (χ1n) is 7.82. The summed E-state index contributed by atoms with van der Waals surface area (Å²) in [5, 5.41) is 14.3. The van der Waals surface area contributed by atoms with Crippen LogP contribution in [0.3, 0.4) is 0 Å². The molecule has 6 heteroatoms. The van der Waals surface area contributed by atoms with Crippen molar-refractivity contribution in [1.29, 1.82) is 0 Å². The van der Waals surface area contributed by atoms with Gasteiger partial charge < -0.3 is 14.7 Å². The van der Waals surface area contributed by atoms with E-state index >= 15 is 0 Å². The molecule has 1 aromatic carbocycles. The molecule has 0 saturated carbocycles. The van der Waals surface area contributed by atoms with Crippen LogP contribution in [0, 0.1) is 0 Å². The Hall–Kier alpha value is -2.34. The molecule has 0 unspecified atom stereocenters. The second-order valence-electron chi connectivity index (χ2n) is 5.96. The fourth-order valence-corrected chi connectivity index (χ4v) is 2.58. The third-order valence-electron chi connectivity index (χ3n) is 4.02. The maximum absolute atomic E-state index is 12.4. The van der Waals surface area contributed by atoms with Crippen LogP contribution in [-0.2, 0) is 4.74 Å². The first-order valence-corrected chi connectivity index (χ1v) is 7.82. The highest BCUT2D eigenvalue weighted by molar-refractivity contribution is 5.94. The highest BCUT2D eigenvalue weighted by Crippen LogP contribution is 2.22. The zero-order valence-electron chi connectivity index (χ0n) is 13.4. The van der Waals surface area contributed by atoms with Crippen molar-refractivity contribution in [2.75, 3.05) is 26.3 Å². The molecule has 1 amide bonds. The van der Waals surface area contributed by atoms with Crippen molar-refractivity contribution in [3.8, 4) is 11.4 Å². The lowest BCUT2D eigenvalue weighted by Gasteiger charge is -2.26. The Balaban J connectivity index is 1.84. The molecule has 0 spiro atoms. The minimum atomic E-state index is -0.261. The summed E-state index contributed by atoms with van der Waals surface area (Å²) in [6.07, 6.45) is 1.47. The van der Waals surface area contributed by atoms with E-state index in [1.54, 1.807) is 4.90 Å². The minimum absolute atomic E-state index is 0.0832. The molecule has 6 nitrogen and oxygen atoms in total. The summed E-state index contributed by atoms with van der Waals surface area (Å²) in [6.45, 7) is 6.35. The Morgan fingerprint density at radius 1 is 1.22 bits per heavy atom. The van der Waals surface area contributed by atoms with Crippen LogP contribution in [0.1, 0.15) is 35.8 Å². The van der Waals surface area contributed by atoms with E-state index in [0.29, 0.717) is 32.2 Å². The van der Waals surface area contributed by atoms with Gasteiger partial charge in [0.2, 0.25) is 0 Å². The Morgan fingerprint density at radius 3 is 2.48 bits per heavy atom. The summed E-state index contributed by atoms with van der Waals surface area (Å²) in [7, 11) is 0. The van der Waals surface area contributed by atoms with Gasteiger partial charge in [-0.2, -0.15) is 5.10 Å². The summed E-state index contributed by atoms with van der Waals surface area (Å²) in [6, 6.07) is 7.93. The third kappa shape index (κ3) is 3.22. The largest absolute Gasteiger partial charge is 0.504 e. The molecule has 1 aliphatic rings. The molecule has 1 N–H and O–H groups in total. The second-order valence-corrected chi connectivity index (χ2v) is 5.96. The maximum Gasteiger partial charge on any atom is 0.278 e. The zero-order valence-corrected chi connectivity index (χ0v) is 13.4. The van der Waals surface area contributed by atoms with Crippen molar-refractivity contribution in [3.63, 3.8) is 0 Å². The highest BCUT2D eigenvalue weighted by Gasteiger charge is 2.24. The lowest BCUT2D eigenvalue weighted by atomic mass is 10.0. The van der Waals surface area contributed by atoms with Gasteiger partial charge in [-0.3, -0.25) is 4.79 Å². The van der Waals surface area contributed by atoms with Crippen LogP contribution in [0.4, 0.5) is 0 Å². The van der Waals surface area contributed by atoms with Crippen molar-refractivity contribution < 1.29 is 14.6 Å². The van der Waals surface area contributed by atoms with Gasteiger partial charge in [0.25, 0.3) is 5.91 Å². The number of morpholine rings is 1. The monoisotopic (exact) mass is 315 g/mol. The topological polar surface area (TPSA) is 67.6 Å². The third-order valence-corrected chi connectivity index (χ3v) is 4.02. The zero-order chi connectivity index (χ0) is 16.4. The number of hydrogen-bond donors (Lipinski definition) is 1.